The Morgan fingerprint density at radius 1 is 1.25 bits per heavy atom. The molecule has 0 saturated carbocycles. The van der Waals surface area contributed by atoms with Gasteiger partial charge in [-0.1, -0.05) is 18.2 Å². The Bertz CT molecular complexity index is 850. The van der Waals surface area contributed by atoms with Gasteiger partial charge in [-0.3, -0.25) is 9.48 Å². The van der Waals surface area contributed by atoms with Crippen LogP contribution in [0.25, 0.3) is 10.9 Å². The zero-order valence-electron chi connectivity index (χ0n) is 13.9. The SMILES string of the molecule is Cn1cc(C(=O)N2CCCC[C@@H]2Cn2cccn2)c2ccccc21. The van der Waals surface area contributed by atoms with Crippen molar-refractivity contribution in [3.8, 4) is 0 Å². The topological polar surface area (TPSA) is 43.1 Å². The number of fused-ring (bicyclic) bond motifs is 1. The number of amides is 1. The summed E-state index contributed by atoms with van der Waals surface area (Å²) < 4.78 is 3.97. The lowest BCUT2D eigenvalue weighted by atomic mass is 10.0. The Hall–Kier alpha value is -2.56. The molecule has 0 unspecified atom stereocenters. The molecule has 0 aliphatic carbocycles. The molecular formula is C19H22N4O. The fourth-order valence-electron chi connectivity index (χ4n) is 3.75. The molecule has 1 aromatic carbocycles. The summed E-state index contributed by atoms with van der Waals surface area (Å²) in [5, 5.41) is 5.34. The Balaban J connectivity index is 1.65. The highest BCUT2D eigenvalue weighted by atomic mass is 16.2. The van der Waals surface area contributed by atoms with Gasteiger partial charge in [-0.05, 0) is 31.4 Å². The van der Waals surface area contributed by atoms with Crippen molar-refractivity contribution < 1.29 is 4.79 Å². The third-order valence-corrected chi connectivity index (χ3v) is 4.97. The lowest BCUT2D eigenvalue weighted by Crippen LogP contribution is -2.45. The minimum Gasteiger partial charge on any atom is -0.350 e. The molecule has 0 spiro atoms. The van der Waals surface area contributed by atoms with Crippen LogP contribution in [0.15, 0.2) is 48.9 Å². The minimum absolute atomic E-state index is 0.142. The Morgan fingerprint density at radius 3 is 2.96 bits per heavy atom. The monoisotopic (exact) mass is 322 g/mol. The van der Waals surface area contributed by atoms with Crippen LogP contribution >= 0.6 is 0 Å². The summed E-state index contributed by atoms with van der Waals surface area (Å²) in [5.74, 6) is 0.142. The van der Waals surface area contributed by atoms with E-state index in [2.05, 4.69) is 11.2 Å². The average molecular weight is 322 g/mol. The molecule has 1 amide bonds. The second-order valence-electron chi connectivity index (χ2n) is 6.55. The van der Waals surface area contributed by atoms with Crippen molar-refractivity contribution in [1.29, 1.82) is 0 Å². The first-order valence-corrected chi connectivity index (χ1v) is 8.56. The standard InChI is InChI=1S/C19H22N4O/c1-21-14-17(16-8-2-3-9-18(16)21)19(24)23-12-5-4-7-15(23)13-22-11-6-10-20-22/h2-3,6,8-11,14-15H,4-5,7,12-13H2,1H3/t15-/m1/s1. The first kappa shape index (κ1) is 15.0. The van der Waals surface area contributed by atoms with Gasteiger partial charge in [-0.15, -0.1) is 0 Å². The number of likely N-dealkylation sites (tertiary alicyclic amines) is 1. The van der Waals surface area contributed by atoms with E-state index < -0.39 is 0 Å². The van der Waals surface area contributed by atoms with Gasteiger partial charge in [-0.25, -0.2) is 0 Å². The molecule has 4 rings (SSSR count). The Morgan fingerprint density at radius 2 is 2.12 bits per heavy atom. The number of aryl methyl sites for hydroxylation is 1. The van der Waals surface area contributed by atoms with Crippen LogP contribution in [0.2, 0.25) is 0 Å². The van der Waals surface area contributed by atoms with Gasteiger partial charge < -0.3 is 9.47 Å². The molecule has 1 atom stereocenters. The Labute approximate surface area is 141 Å². The predicted molar refractivity (Wildman–Crippen MR) is 93.8 cm³/mol. The predicted octanol–water partition coefficient (Wildman–Crippen LogP) is 3.07. The van der Waals surface area contributed by atoms with Gasteiger partial charge >= 0.3 is 0 Å². The van der Waals surface area contributed by atoms with Gasteiger partial charge in [-0.2, -0.15) is 5.10 Å². The van der Waals surface area contributed by atoms with E-state index in [0.29, 0.717) is 0 Å². The number of rotatable bonds is 3. The molecule has 2 aromatic heterocycles. The van der Waals surface area contributed by atoms with E-state index in [4.69, 9.17) is 0 Å². The van der Waals surface area contributed by atoms with Gasteiger partial charge in [0.15, 0.2) is 0 Å². The molecule has 124 valence electrons. The van der Waals surface area contributed by atoms with Crippen LogP contribution in [0.1, 0.15) is 29.6 Å². The van der Waals surface area contributed by atoms with Crippen molar-refractivity contribution in [3.05, 3.63) is 54.5 Å². The van der Waals surface area contributed by atoms with E-state index in [-0.39, 0.29) is 11.9 Å². The number of para-hydroxylation sites is 1. The van der Waals surface area contributed by atoms with E-state index in [1.54, 1.807) is 6.20 Å². The first-order valence-electron chi connectivity index (χ1n) is 8.56. The van der Waals surface area contributed by atoms with Crippen molar-refractivity contribution in [2.75, 3.05) is 6.54 Å². The first-order chi connectivity index (χ1) is 11.7. The summed E-state index contributed by atoms with van der Waals surface area (Å²) >= 11 is 0. The number of hydrogen-bond donors (Lipinski definition) is 0. The molecule has 1 aliphatic heterocycles. The third kappa shape index (κ3) is 2.60. The molecule has 0 bridgehead atoms. The number of nitrogens with zero attached hydrogens (tertiary/aromatic N) is 4. The second-order valence-corrected chi connectivity index (χ2v) is 6.55. The fraction of sp³-hybridized carbons (Fsp3) is 0.368. The second kappa shape index (κ2) is 6.15. The van der Waals surface area contributed by atoms with Crippen LogP contribution in [0, 0.1) is 0 Å². The normalized spacial score (nSPS) is 18.2. The quantitative estimate of drug-likeness (QED) is 0.744. The molecule has 1 fully saturated rings. The van der Waals surface area contributed by atoms with Gasteiger partial charge in [0, 0.05) is 43.1 Å². The molecule has 3 aromatic rings. The number of hydrogen-bond acceptors (Lipinski definition) is 2. The van der Waals surface area contributed by atoms with Gasteiger partial charge in [0.05, 0.1) is 18.2 Å². The van der Waals surface area contributed by atoms with Crippen LogP contribution in [0.4, 0.5) is 0 Å². The fourth-order valence-corrected chi connectivity index (χ4v) is 3.75. The molecule has 1 saturated heterocycles. The van der Waals surface area contributed by atoms with E-state index in [1.165, 1.54) is 6.42 Å². The van der Waals surface area contributed by atoms with Crippen LogP contribution < -0.4 is 0 Å². The number of aromatic nitrogens is 3. The summed E-state index contributed by atoms with van der Waals surface area (Å²) in [7, 11) is 2.00. The zero-order valence-corrected chi connectivity index (χ0v) is 13.9. The number of carbonyl (C=O) groups is 1. The molecule has 3 heterocycles. The third-order valence-electron chi connectivity index (χ3n) is 4.97. The average Bonchev–Trinajstić information content (AvgIpc) is 3.23. The van der Waals surface area contributed by atoms with Gasteiger partial charge in [0.1, 0.15) is 0 Å². The highest BCUT2D eigenvalue weighted by molar-refractivity contribution is 6.07. The smallest absolute Gasteiger partial charge is 0.256 e. The molecule has 0 radical (unpaired) electrons. The van der Waals surface area contributed by atoms with Crippen molar-refractivity contribution in [3.63, 3.8) is 0 Å². The highest BCUT2D eigenvalue weighted by Gasteiger charge is 2.29. The molecule has 5 nitrogen and oxygen atoms in total. The molecule has 1 aliphatic rings. The molecule has 0 N–H and O–H groups in total. The largest absolute Gasteiger partial charge is 0.350 e. The van der Waals surface area contributed by atoms with Crippen molar-refractivity contribution in [1.82, 2.24) is 19.2 Å². The van der Waals surface area contributed by atoms with E-state index >= 15 is 0 Å². The van der Waals surface area contributed by atoms with Crippen molar-refractivity contribution in [2.45, 2.75) is 31.8 Å². The van der Waals surface area contributed by atoms with E-state index in [0.717, 1.165) is 42.4 Å². The number of benzene rings is 1. The molecule has 24 heavy (non-hydrogen) atoms. The summed E-state index contributed by atoms with van der Waals surface area (Å²) in [5.41, 5.74) is 1.90. The van der Waals surface area contributed by atoms with Crippen LogP contribution in [-0.4, -0.2) is 37.7 Å². The Kier molecular flexibility index (Phi) is 3.84. The number of piperidine rings is 1. The summed E-state index contributed by atoms with van der Waals surface area (Å²) in [6.07, 6.45) is 9.01. The minimum atomic E-state index is 0.142. The zero-order chi connectivity index (χ0) is 16.5. The lowest BCUT2D eigenvalue weighted by Gasteiger charge is -2.35. The summed E-state index contributed by atoms with van der Waals surface area (Å²) in [4.78, 5) is 15.3. The maximum absolute atomic E-state index is 13.2. The summed E-state index contributed by atoms with van der Waals surface area (Å²) in [6.45, 7) is 1.59. The number of carbonyl (C=O) groups excluding carboxylic acids is 1. The maximum Gasteiger partial charge on any atom is 0.256 e. The van der Waals surface area contributed by atoms with Crippen LogP contribution in [-0.2, 0) is 13.6 Å². The lowest BCUT2D eigenvalue weighted by molar-refractivity contribution is 0.0585. The van der Waals surface area contributed by atoms with Crippen LogP contribution in [0.5, 0.6) is 0 Å². The van der Waals surface area contributed by atoms with E-state index in [1.807, 2.05) is 57.9 Å². The van der Waals surface area contributed by atoms with E-state index in [9.17, 15) is 4.79 Å². The van der Waals surface area contributed by atoms with Gasteiger partial charge in [0.2, 0.25) is 0 Å². The highest BCUT2D eigenvalue weighted by Crippen LogP contribution is 2.26. The molecule has 5 heteroatoms. The van der Waals surface area contributed by atoms with Gasteiger partial charge in [0.25, 0.3) is 5.91 Å². The van der Waals surface area contributed by atoms with Crippen molar-refractivity contribution in [2.24, 2.45) is 7.05 Å². The molecular weight excluding hydrogens is 300 g/mol. The van der Waals surface area contributed by atoms with Crippen molar-refractivity contribution >= 4 is 16.8 Å². The van der Waals surface area contributed by atoms with Crippen LogP contribution in [0.3, 0.4) is 0 Å². The maximum atomic E-state index is 13.2. The summed E-state index contributed by atoms with van der Waals surface area (Å²) in [6, 6.07) is 10.2.